The van der Waals surface area contributed by atoms with Crippen molar-refractivity contribution in [1.82, 2.24) is 0 Å². The lowest BCUT2D eigenvalue weighted by Crippen LogP contribution is -2.20. The van der Waals surface area contributed by atoms with Crippen LogP contribution in [0, 0.1) is 0 Å². The van der Waals surface area contributed by atoms with E-state index >= 15 is 0 Å². The summed E-state index contributed by atoms with van der Waals surface area (Å²) >= 11 is 7.84. The molecule has 0 aliphatic heterocycles. The van der Waals surface area contributed by atoms with Gasteiger partial charge >= 0.3 is 5.76 Å². The highest BCUT2D eigenvalue weighted by molar-refractivity contribution is 9.10. The molecule has 1 rings (SSSR count). The maximum absolute atomic E-state index is 12.1. The average Bonchev–Trinajstić information content (AvgIpc) is 2.15. The van der Waals surface area contributed by atoms with Gasteiger partial charge < -0.3 is 5.73 Å². The van der Waals surface area contributed by atoms with Gasteiger partial charge in [-0.25, -0.2) is 8.42 Å². The van der Waals surface area contributed by atoms with Crippen molar-refractivity contribution in [2.75, 3.05) is 4.72 Å². The van der Waals surface area contributed by atoms with E-state index in [9.17, 15) is 17.2 Å². The monoisotopic (exact) mass is 344 g/mol. The second-order valence-corrected chi connectivity index (χ2v) is 5.91. The zero-order chi connectivity index (χ0) is 13.2. The Hall–Kier alpha value is -0.800. The number of benzene rings is 1. The van der Waals surface area contributed by atoms with Gasteiger partial charge in [0.05, 0.1) is 0 Å². The Morgan fingerprint density at radius 3 is 2.47 bits per heavy atom. The fourth-order valence-electron chi connectivity index (χ4n) is 0.987. The first kappa shape index (κ1) is 14.3. The van der Waals surface area contributed by atoms with Crippen molar-refractivity contribution in [3.05, 3.63) is 28.2 Å². The lowest BCUT2D eigenvalue weighted by Gasteiger charge is -2.09. The zero-order valence-corrected chi connectivity index (χ0v) is 11.4. The lowest BCUT2D eigenvalue weighted by atomic mass is 10.2. The van der Waals surface area contributed by atoms with Gasteiger partial charge in [0.2, 0.25) is 0 Å². The molecule has 4 nitrogen and oxygen atoms in total. The lowest BCUT2D eigenvalue weighted by molar-refractivity contribution is 0.236. The first-order chi connectivity index (χ1) is 7.74. The third-order valence-electron chi connectivity index (χ3n) is 1.73. The quantitative estimate of drug-likeness (QED) is 0.820. The van der Waals surface area contributed by atoms with Crippen LogP contribution in [-0.4, -0.2) is 19.2 Å². The Morgan fingerprint density at radius 2 is 2.06 bits per heavy atom. The number of nitrogens with two attached hydrogens (primary N) is 1. The fraction of sp³-hybridized carbons (Fsp3) is 0.125. The van der Waals surface area contributed by atoms with Gasteiger partial charge in [-0.05, 0) is 34.1 Å². The molecule has 0 aliphatic carbocycles. The molecule has 0 heterocycles. The molecule has 0 saturated carbocycles. The number of hydrogen-bond donors (Lipinski definition) is 2. The molecule has 3 N–H and O–H groups in total. The minimum absolute atomic E-state index is 0.00262. The normalized spacial score (nSPS) is 11.5. The van der Waals surface area contributed by atoms with Crippen LogP contribution in [0.1, 0.15) is 5.56 Å². The van der Waals surface area contributed by atoms with E-state index in [-0.39, 0.29) is 10.7 Å². The van der Waals surface area contributed by atoms with E-state index in [2.05, 4.69) is 15.9 Å². The molecule has 1 aromatic rings. The number of anilines is 1. The van der Waals surface area contributed by atoms with Crippen LogP contribution in [0.5, 0.6) is 0 Å². The van der Waals surface area contributed by atoms with Gasteiger partial charge in [0, 0.05) is 15.7 Å². The highest BCUT2D eigenvalue weighted by Gasteiger charge is 2.23. The van der Waals surface area contributed by atoms with E-state index in [1.807, 2.05) is 0 Å². The average molecular weight is 345 g/mol. The van der Waals surface area contributed by atoms with E-state index < -0.39 is 15.8 Å². The summed E-state index contributed by atoms with van der Waals surface area (Å²) in [5.41, 5.74) is 5.87. The number of thiocarbonyl (C=S) groups is 1. The van der Waals surface area contributed by atoms with Crippen LogP contribution >= 0.6 is 28.1 Å². The van der Waals surface area contributed by atoms with Gasteiger partial charge in [0.1, 0.15) is 4.99 Å². The molecule has 0 bridgehead atoms. The van der Waals surface area contributed by atoms with Gasteiger partial charge in [0.15, 0.2) is 0 Å². The molecule has 0 aliphatic rings. The minimum Gasteiger partial charge on any atom is -0.389 e. The molecular weight excluding hydrogens is 338 g/mol. The van der Waals surface area contributed by atoms with Crippen molar-refractivity contribution >= 4 is 48.8 Å². The third-order valence-corrected chi connectivity index (χ3v) is 3.59. The Balaban J connectivity index is 3.04. The van der Waals surface area contributed by atoms with Crippen LogP contribution in [0.25, 0.3) is 0 Å². The Labute approximate surface area is 110 Å². The van der Waals surface area contributed by atoms with Gasteiger partial charge in [-0.2, -0.15) is 8.78 Å². The molecule has 94 valence electrons. The predicted octanol–water partition coefficient (Wildman–Crippen LogP) is 2.05. The van der Waals surface area contributed by atoms with Gasteiger partial charge in [0.25, 0.3) is 10.0 Å². The summed E-state index contributed by atoms with van der Waals surface area (Å²) in [5, 5.41) is 0. The van der Waals surface area contributed by atoms with Crippen molar-refractivity contribution < 1.29 is 17.2 Å². The predicted molar refractivity (Wildman–Crippen MR) is 68.6 cm³/mol. The standard InChI is InChI=1S/C8H7BrF2N2O2S2/c9-6-3-4(1-2-5(6)7(12)16)13-17(14,15)8(10)11/h1-3,8,13H,(H2,12,16). The van der Waals surface area contributed by atoms with E-state index in [1.54, 1.807) is 4.72 Å². The summed E-state index contributed by atoms with van der Waals surface area (Å²) in [4.78, 5) is 0.111. The summed E-state index contributed by atoms with van der Waals surface area (Å²) in [6, 6.07) is 4.02. The van der Waals surface area contributed by atoms with Crippen molar-refractivity contribution in [3.8, 4) is 0 Å². The SMILES string of the molecule is NC(=S)c1ccc(NS(=O)(=O)C(F)F)cc1Br. The van der Waals surface area contributed by atoms with Crippen LogP contribution in [0.3, 0.4) is 0 Å². The van der Waals surface area contributed by atoms with Crippen molar-refractivity contribution in [1.29, 1.82) is 0 Å². The highest BCUT2D eigenvalue weighted by Crippen LogP contribution is 2.23. The van der Waals surface area contributed by atoms with E-state index in [1.165, 1.54) is 18.2 Å². The number of alkyl halides is 2. The van der Waals surface area contributed by atoms with Gasteiger partial charge in [-0.3, -0.25) is 4.72 Å². The summed E-state index contributed by atoms with van der Waals surface area (Å²) in [6.45, 7) is 0. The second-order valence-electron chi connectivity index (χ2n) is 2.97. The van der Waals surface area contributed by atoms with Crippen LogP contribution in [0.15, 0.2) is 22.7 Å². The molecule has 1 aromatic carbocycles. The van der Waals surface area contributed by atoms with Crippen molar-refractivity contribution in [2.45, 2.75) is 5.76 Å². The summed E-state index contributed by atoms with van der Waals surface area (Å²) in [6.07, 6.45) is 0. The first-order valence-corrected chi connectivity index (χ1v) is 6.88. The Kier molecular flexibility index (Phi) is 4.39. The van der Waals surface area contributed by atoms with Gasteiger partial charge in [-0.15, -0.1) is 0 Å². The molecular formula is C8H7BrF2N2O2S2. The zero-order valence-electron chi connectivity index (χ0n) is 8.15. The maximum atomic E-state index is 12.1. The molecule has 9 heteroatoms. The van der Waals surface area contributed by atoms with Crippen LogP contribution in [0.2, 0.25) is 0 Å². The number of nitrogens with one attached hydrogen (secondary N) is 1. The molecule has 17 heavy (non-hydrogen) atoms. The molecule has 0 spiro atoms. The molecule has 0 aromatic heterocycles. The molecule has 0 amide bonds. The van der Waals surface area contributed by atoms with Crippen molar-refractivity contribution in [2.24, 2.45) is 5.73 Å². The molecule has 0 saturated heterocycles. The van der Waals surface area contributed by atoms with Crippen molar-refractivity contribution in [3.63, 3.8) is 0 Å². The number of halogens is 3. The molecule has 0 fully saturated rings. The fourth-order valence-corrected chi connectivity index (χ4v) is 2.43. The van der Waals surface area contributed by atoms with E-state index in [0.29, 0.717) is 10.0 Å². The van der Waals surface area contributed by atoms with Crippen LogP contribution in [0.4, 0.5) is 14.5 Å². The third kappa shape index (κ3) is 3.58. The van der Waals surface area contributed by atoms with Crippen LogP contribution < -0.4 is 10.5 Å². The summed E-state index contributed by atoms with van der Waals surface area (Å²) in [5.74, 6) is -3.49. The van der Waals surface area contributed by atoms with E-state index in [4.69, 9.17) is 18.0 Å². The number of hydrogen-bond acceptors (Lipinski definition) is 3. The topological polar surface area (TPSA) is 72.2 Å². The van der Waals surface area contributed by atoms with E-state index in [0.717, 1.165) is 0 Å². The number of sulfonamides is 1. The molecule has 0 atom stereocenters. The summed E-state index contributed by atoms with van der Waals surface area (Å²) in [7, 11) is -4.67. The highest BCUT2D eigenvalue weighted by atomic mass is 79.9. The second kappa shape index (κ2) is 5.23. The Morgan fingerprint density at radius 1 is 1.47 bits per heavy atom. The smallest absolute Gasteiger partial charge is 0.355 e. The largest absolute Gasteiger partial charge is 0.389 e. The minimum atomic E-state index is -4.67. The number of rotatable bonds is 4. The first-order valence-electron chi connectivity index (χ1n) is 4.13. The van der Waals surface area contributed by atoms with Crippen LogP contribution in [-0.2, 0) is 10.0 Å². The maximum Gasteiger partial charge on any atom is 0.355 e. The Bertz CT molecular complexity index is 548. The summed E-state index contributed by atoms with van der Waals surface area (Å²) < 4.78 is 48.2. The molecule has 0 radical (unpaired) electrons. The van der Waals surface area contributed by atoms with Gasteiger partial charge in [-0.1, -0.05) is 12.2 Å². The molecule has 0 unspecified atom stereocenters.